The van der Waals surface area contributed by atoms with Crippen LogP contribution in [0.25, 0.3) is 0 Å². The van der Waals surface area contributed by atoms with Gasteiger partial charge < -0.3 is 10.1 Å². The summed E-state index contributed by atoms with van der Waals surface area (Å²) in [5, 5.41) is 8.18. The molecule has 0 aromatic heterocycles. The van der Waals surface area contributed by atoms with E-state index < -0.39 is 26.0 Å². The summed E-state index contributed by atoms with van der Waals surface area (Å²) < 4.78 is 55.6. The van der Waals surface area contributed by atoms with Crippen LogP contribution in [0, 0.1) is 0 Å². The molecule has 0 spiro atoms. The topological polar surface area (TPSA) is 136 Å². The van der Waals surface area contributed by atoms with Gasteiger partial charge in [0.1, 0.15) is 5.75 Å². The first-order valence-corrected chi connectivity index (χ1v) is 13.7. The van der Waals surface area contributed by atoms with E-state index in [0.717, 1.165) is 4.31 Å². The van der Waals surface area contributed by atoms with E-state index in [-0.39, 0.29) is 21.9 Å². The minimum Gasteiger partial charge on any atom is -0.494 e. The number of rotatable bonds is 9. The molecule has 0 heterocycles. The van der Waals surface area contributed by atoms with Crippen molar-refractivity contribution in [3.8, 4) is 5.75 Å². The number of carbonyl (C=O) groups is 1. The third kappa shape index (κ3) is 6.59. The highest BCUT2D eigenvalue weighted by molar-refractivity contribution is 7.89. The Labute approximate surface area is 209 Å². The van der Waals surface area contributed by atoms with Crippen molar-refractivity contribution in [2.45, 2.75) is 23.3 Å². The van der Waals surface area contributed by atoms with Crippen molar-refractivity contribution in [2.75, 3.05) is 19.0 Å². The van der Waals surface area contributed by atoms with E-state index in [2.05, 4.69) is 5.32 Å². The third-order valence-corrected chi connectivity index (χ3v) is 7.98. The highest BCUT2D eigenvalue weighted by atomic mass is 35.5. The van der Waals surface area contributed by atoms with E-state index >= 15 is 0 Å². The maximum Gasteiger partial charge on any atom is 0.255 e. The van der Waals surface area contributed by atoms with Gasteiger partial charge in [0, 0.05) is 35.4 Å². The molecule has 3 rings (SSSR count). The molecule has 0 saturated heterocycles. The fourth-order valence-corrected chi connectivity index (χ4v) is 4.97. The summed E-state index contributed by atoms with van der Waals surface area (Å²) in [6, 6.07) is 15.9. The normalized spacial score (nSPS) is 11.9. The Bertz CT molecular complexity index is 1430. The number of benzene rings is 3. The fourth-order valence-electron chi connectivity index (χ4n) is 3.18. The lowest BCUT2D eigenvalue weighted by Crippen LogP contribution is -2.27. The maximum atomic E-state index is 13.0. The third-order valence-electron chi connectivity index (χ3n) is 4.98. The smallest absolute Gasteiger partial charge is 0.255 e. The standard InChI is InChI=1S/C23H24ClN3O6S2/c1-3-33-22-13-4-16(23(28)26-19-7-11-20(12-8-19)34(25,29)30)14-17(22)15-27(2)35(31,32)21-9-5-18(24)6-10-21/h4-14H,3,15H2,1-2H3,(H,26,28)(H2,25,29,30). The molecule has 0 aliphatic rings. The van der Waals surface area contributed by atoms with Crippen molar-refractivity contribution in [2.24, 2.45) is 5.14 Å². The molecule has 0 saturated carbocycles. The van der Waals surface area contributed by atoms with Crippen molar-refractivity contribution in [3.63, 3.8) is 0 Å². The summed E-state index contributed by atoms with van der Waals surface area (Å²) in [7, 11) is -6.24. The minimum absolute atomic E-state index is 0.0511. The van der Waals surface area contributed by atoms with E-state index in [4.69, 9.17) is 21.5 Å². The Morgan fingerprint density at radius 3 is 2.14 bits per heavy atom. The molecule has 0 bridgehead atoms. The molecule has 3 N–H and O–H groups in total. The Morgan fingerprint density at radius 2 is 1.57 bits per heavy atom. The monoisotopic (exact) mass is 537 g/mol. The van der Waals surface area contributed by atoms with Gasteiger partial charge in [-0.05, 0) is 73.7 Å². The lowest BCUT2D eigenvalue weighted by Gasteiger charge is -2.20. The fraction of sp³-hybridized carbons (Fsp3) is 0.174. The van der Waals surface area contributed by atoms with Crippen molar-refractivity contribution in [1.29, 1.82) is 0 Å². The number of ether oxygens (including phenoxy) is 1. The summed E-state index contributed by atoms with van der Waals surface area (Å²) in [5.41, 5.74) is 1.11. The Balaban J connectivity index is 1.85. The zero-order chi connectivity index (χ0) is 25.8. The number of nitrogens with two attached hydrogens (primary N) is 1. The Hall–Kier alpha value is -2.96. The van der Waals surface area contributed by atoms with Crippen LogP contribution in [0.4, 0.5) is 5.69 Å². The second-order valence-corrected chi connectivity index (χ2v) is 11.5. The molecular formula is C23H24ClN3O6S2. The highest BCUT2D eigenvalue weighted by Gasteiger charge is 2.23. The highest BCUT2D eigenvalue weighted by Crippen LogP contribution is 2.26. The maximum absolute atomic E-state index is 13.0. The molecule has 3 aromatic rings. The van der Waals surface area contributed by atoms with E-state index in [1.54, 1.807) is 25.1 Å². The van der Waals surface area contributed by atoms with E-state index in [0.29, 0.717) is 28.6 Å². The van der Waals surface area contributed by atoms with E-state index in [1.807, 2.05) is 0 Å². The van der Waals surface area contributed by atoms with Crippen molar-refractivity contribution in [1.82, 2.24) is 4.31 Å². The number of amides is 1. The van der Waals surface area contributed by atoms with Gasteiger partial charge in [-0.3, -0.25) is 4.79 Å². The molecule has 0 aliphatic heterocycles. The van der Waals surface area contributed by atoms with Crippen LogP contribution in [-0.4, -0.2) is 40.7 Å². The van der Waals surface area contributed by atoms with Crippen LogP contribution in [0.1, 0.15) is 22.8 Å². The van der Waals surface area contributed by atoms with Crippen LogP contribution >= 0.6 is 11.6 Å². The summed E-state index contributed by atoms with van der Waals surface area (Å²) in [5.74, 6) is -0.0272. The number of anilines is 1. The van der Waals surface area contributed by atoms with Crippen LogP contribution in [0.15, 0.2) is 76.5 Å². The van der Waals surface area contributed by atoms with Gasteiger partial charge in [-0.25, -0.2) is 22.0 Å². The molecule has 35 heavy (non-hydrogen) atoms. The van der Waals surface area contributed by atoms with Crippen molar-refractivity contribution >= 4 is 43.2 Å². The molecule has 0 unspecified atom stereocenters. The minimum atomic E-state index is -3.85. The molecular weight excluding hydrogens is 514 g/mol. The average molecular weight is 538 g/mol. The van der Waals surface area contributed by atoms with Crippen LogP contribution in [-0.2, 0) is 26.6 Å². The Morgan fingerprint density at radius 1 is 0.971 bits per heavy atom. The second kappa shape index (κ2) is 10.8. The molecule has 1 amide bonds. The SMILES string of the molecule is CCOc1ccc(C(=O)Nc2ccc(S(N)(=O)=O)cc2)cc1CN(C)S(=O)(=O)c1ccc(Cl)cc1. The largest absolute Gasteiger partial charge is 0.494 e. The predicted octanol–water partition coefficient (Wildman–Crippen LogP) is 3.46. The predicted molar refractivity (Wildman–Crippen MR) is 133 cm³/mol. The average Bonchev–Trinajstić information content (AvgIpc) is 2.80. The number of sulfonamides is 2. The number of nitrogens with zero attached hydrogens (tertiary/aromatic N) is 1. The van der Waals surface area contributed by atoms with Gasteiger partial charge in [0.25, 0.3) is 5.91 Å². The van der Waals surface area contributed by atoms with Crippen LogP contribution in [0.2, 0.25) is 5.02 Å². The number of carbonyl (C=O) groups excluding carboxylic acids is 1. The van der Waals surface area contributed by atoms with Gasteiger partial charge in [-0.1, -0.05) is 11.6 Å². The number of hydrogen-bond donors (Lipinski definition) is 2. The van der Waals surface area contributed by atoms with Gasteiger partial charge in [0.05, 0.1) is 16.4 Å². The summed E-state index contributed by atoms with van der Waals surface area (Å²) in [6.45, 7) is 2.09. The molecule has 0 atom stereocenters. The van der Waals surface area contributed by atoms with Crippen molar-refractivity contribution in [3.05, 3.63) is 82.9 Å². The van der Waals surface area contributed by atoms with Gasteiger partial charge in [0.15, 0.2) is 0 Å². The van der Waals surface area contributed by atoms with E-state index in [9.17, 15) is 21.6 Å². The first-order chi connectivity index (χ1) is 16.4. The van der Waals surface area contributed by atoms with Gasteiger partial charge in [-0.2, -0.15) is 4.31 Å². The molecule has 9 nitrogen and oxygen atoms in total. The summed E-state index contributed by atoms with van der Waals surface area (Å²) in [4.78, 5) is 12.8. The molecule has 0 radical (unpaired) electrons. The second-order valence-electron chi connectivity index (χ2n) is 7.49. The number of nitrogens with one attached hydrogen (secondary N) is 1. The van der Waals surface area contributed by atoms with Gasteiger partial charge >= 0.3 is 0 Å². The van der Waals surface area contributed by atoms with Crippen molar-refractivity contribution < 1.29 is 26.4 Å². The zero-order valence-corrected chi connectivity index (χ0v) is 21.3. The number of hydrogen-bond acceptors (Lipinski definition) is 6. The van der Waals surface area contributed by atoms with Crippen LogP contribution in [0.5, 0.6) is 5.75 Å². The molecule has 12 heteroatoms. The quantitative estimate of drug-likeness (QED) is 0.429. The van der Waals surface area contributed by atoms with Crippen LogP contribution in [0.3, 0.4) is 0 Å². The molecule has 186 valence electrons. The first-order valence-electron chi connectivity index (χ1n) is 10.3. The van der Waals surface area contributed by atoms with E-state index in [1.165, 1.54) is 55.6 Å². The number of halogens is 1. The lowest BCUT2D eigenvalue weighted by atomic mass is 10.1. The zero-order valence-electron chi connectivity index (χ0n) is 18.9. The first kappa shape index (κ1) is 26.6. The summed E-state index contributed by atoms with van der Waals surface area (Å²) in [6.07, 6.45) is 0. The number of primary sulfonamides is 1. The Kier molecular flexibility index (Phi) is 8.18. The summed E-state index contributed by atoms with van der Waals surface area (Å²) >= 11 is 5.86. The molecule has 0 aliphatic carbocycles. The van der Waals surface area contributed by atoms with Gasteiger partial charge in [0.2, 0.25) is 20.0 Å². The lowest BCUT2D eigenvalue weighted by molar-refractivity contribution is 0.102. The molecule has 0 fully saturated rings. The van der Waals surface area contributed by atoms with Gasteiger partial charge in [-0.15, -0.1) is 0 Å². The van der Waals surface area contributed by atoms with Crippen LogP contribution < -0.4 is 15.2 Å². The molecule has 3 aromatic carbocycles.